The van der Waals surface area contributed by atoms with E-state index in [-0.39, 0.29) is 6.61 Å². The molecule has 2 aromatic rings. The zero-order valence-electron chi connectivity index (χ0n) is 16.1. The van der Waals surface area contributed by atoms with Gasteiger partial charge in [0.25, 0.3) is 0 Å². The van der Waals surface area contributed by atoms with Crippen LogP contribution in [0.15, 0.2) is 54.6 Å². The second kappa shape index (κ2) is 9.86. The van der Waals surface area contributed by atoms with Crippen LogP contribution >= 0.6 is 12.2 Å². The highest BCUT2D eigenvalue weighted by atomic mass is 32.1. The van der Waals surface area contributed by atoms with Gasteiger partial charge in [-0.05, 0) is 60.5 Å². The Morgan fingerprint density at radius 2 is 1.81 bits per heavy atom. The number of thiocarbonyl (C=S) groups is 1. The van der Waals surface area contributed by atoms with E-state index < -0.39 is 0 Å². The van der Waals surface area contributed by atoms with Crippen molar-refractivity contribution < 1.29 is 5.11 Å². The fourth-order valence-corrected chi connectivity index (χ4v) is 3.89. The minimum atomic E-state index is 0.195. The lowest BCUT2D eigenvalue weighted by atomic mass is 9.98. The monoisotopic (exact) mass is 382 g/mol. The maximum absolute atomic E-state index is 9.15. The summed E-state index contributed by atoms with van der Waals surface area (Å²) in [7, 11) is 0. The zero-order chi connectivity index (χ0) is 19.1. The largest absolute Gasteiger partial charge is 0.396 e. The van der Waals surface area contributed by atoms with Crippen LogP contribution < -0.4 is 5.32 Å². The van der Waals surface area contributed by atoms with Crippen molar-refractivity contribution in [2.75, 3.05) is 13.2 Å². The number of aliphatic hydroxyl groups excluding tert-OH is 1. The lowest BCUT2D eigenvalue weighted by Gasteiger charge is -2.35. The fraction of sp³-hybridized carbons (Fsp3) is 0.435. The molecule has 0 bridgehead atoms. The van der Waals surface area contributed by atoms with Gasteiger partial charge in [0, 0.05) is 19.7 Å². The molecule has 27 heavy (non-hydrogen) atoms. The Labute approximate surface area is 168 Å². The molecule has 0 heterocycles. The average Bonchev–Trinajstić information content (AvgIpc) is 3.53. The number of hydrogen-bond donors (Lipinski definition) is 2. The second-order valence-corrected chi connectivity index (χ2v) is 7.72. The molecule has 2 aromatic carbocycles. The third-order valence-corrected chi connectivity index (χ3v) is 5.52. The van der Waals surface area contributed by atoms with Gasteiger partial charge < -0.3 is 15.3 Å². The Morgan fingerprint density at radius 3 is 2.41 bits per heavy atom. The average molecular weight is 383 g/mol. The molecule has 0 radical (unpaired) electrons. The summed E-state index contributed by atoms with van der Waals surface area (Å²) in [6.07, 6.45) is 4.32. The van der Waals surface area contributed by atoms with Crippen molar-refractivity contribution in [2.24, 2.45) is 5.92 Å². The summed E-state index contributed by atoms with van der Waals surface area (Å²) in [5.74, 6) is 0.678. The van der Waals surface area contributed by atoms with E-state index in [2.05, 4.69) is 65.7 Å². The minimum absolute atomic E-state index is 0.195. The van der Waals surface area contributed by atoms with Crippen LogP contribution in [0.25, 0.3) is 0 Å². The van der Waals surface area contributed by atoms with Gasteiger partial charge in [-0.15, -0.1) is 0 Å². The fourth-order valence-electron chi connectivity index (χ4n) is 3.61. The second-order valence-electron chi connectivity index (χ2n) is 7.34. The van der Waals surface area contributed by atoms with Crippen LogP contribution in [0.5, 0.6) is 0 Å². The maximum atomic E-state index is 9.15. The highest BCUT2D eigenvalue weighted by Crippen LogP contribution is 2.44. The lowest BCUT2D eigenvalue weighted by molar-refractivity contribution is 0.282. The minimum Gasteiger partial charge on any atom is -0.396 e. The molecule has 2 N–H and O–H groups in total. The Balaban J connectivity index is 1.74. The molecule has 3 nitrogen and oxygen atoms in total. The van der Waals surface area contributed by atoms with Gasteiger partial charge in [0.1, 0.15) is 0 Å². The first-order chi connectivity index (χ1) is 13.2. The van der Waals surface area contributed by atoms with Crippen LogP contribution in [0.3, 0.4) is 0 Å². The molecule has 0 spiro atoms. The van der Waals surface area contributed by atoms with Crippen LogP contribution in [0.2, 0.25) is 0 Å². The zero-order valence-corrected chi connectivity index (χ0v) is 16.9. The van der Waals surface area contributed by atoms with Gasteiger partial charge in [-0.1, -0.05) is 61.5 Å². The van der Waals surface area contributed by atoms with Crippen LogP contribution in [0.4, 0.5) is 0 Å². The lowest BCUT2D eigenvalue weighted by Crippen LogP contribution is -2.43. The van der Waals surface area contributed by atoms with Crippen molar-refractivity contribution in [1.82, 2.24) is 10.2 Å². The summed E-state index contributed by atoms with van der Waals surface area (Å²) in [5, 5.41) is 13.5. The molecular formula is C23H30N2OS. The molecule has 1 unspecified atom stereocenters. The van der Waals surface area contributed by atoms with E-state index in [1.807, 2.05) is 6.07 Å². The van der Waals surface area contributed by atoms with Gasteiger partial charge in [0.05, 0.1) is 6.04 Å². The van der Waals surface area contributed by atoms with E-state index in [9.17, 15) is 0 Å². The number of benzene rings is 2. The van der Waals surface area contributed by atoms with Crippen molar-refractivity contribution in [3.05, 3.63) is 71.3 Å². The maximum Gasteiger partial charge on any atom is 0.169 e. The summed E-state index contributed by atoms with van der Waals surface area (Å²) in [6, 6.07) is 19.5. The van der Waals surface area contributed by atoms with Crippen LogP contribution in [0, 0.1) is 5.92 Å². The Morgan fingerprint density at radius 1 is 1.11 bits per heavy atom. The van der Waals surface area contributed by atoms with Crippen molar-refractivity contribution in [3.63, 3.8) is 0 Å². The third kappa shape index (κ3) is 5.53. The molecule has 1 fully saturated rings. The van der Waals surface area contributed by atoms with Crippen molar-refractivity contribution >= 4 is 17.3 Å². The molecule has 1 aliphatic carbocycles. The number of aliphatic hydroxyl groups is 1. The molecule has 4 heteroatoms. The molecule has 3 rings (SSSR count). The predicted octanol–water partition coefficient (Wildman–Crippen LogP) is 4.46. The Kier molecular flexibility index (Phi) is 7.25. The molecule has 0 aromatic heterocycles. The smallest absolute Gasteiger partial charge is 0.169 e. The summed E-state index contributed by atoms with van der Waals surface area (Å²) >= 11 is 5.81. The SMILES string of the molecule is CCCN(C(=S)NCc1ccccc1)C(c1ccc(CCO)cc1)C1CC1. The van der Waals surface area contributed by atoms with E-state index >= 15 is 0 Å². The van der Waals surface area contributed by atoms with Crippen molar-refractivity contribution in [3.8, 4) is 0 Å². The van der Waals surface area contributed by atoms with E-state index in [4.69, 9.17) is 17.3 Å². The standard InChI is InChI=1S/C23H30N2OS/c1-2-15-25(23(27)24-17-19-6-4-3-5-7-19)22(21-12-13-21)20-10-8-18(9-11-20)14-16-26/h3-11,21-22,26H,2,12-17H2,1H3,(H,24,27). The molecule has 0 saturated heterocycles. The predicted molar refractivity (Wildman–Crippen MR) is 116 cm³/mol. The van der Waals surface area contributed by atoms with E-state index in [0.29, 0.717) is 18.4 Å². The van der Waals surface area contributed by atoms with E-state index in [1.165, 1.54) is 29.5 Å². The molecule has 1 atom stereocenters. The van der Waals surface area contributed by atoms with E-state index in [0.717, 1.165) is 24.6 Å². The summed E-state index contributed by atoms with van der Waals surface area (Å²) in [6.45, 7) is 4.12. The van der Waals surface area contributed by atoms with Crippen LogP contribution in [-0.2, 0) is 13.0 Å². The third-order valence-electron chi connectivity index (χ3n) is 5.14. The summed E-state index contributed by atoms with van der Waals surface area (Å²) in [5.41, 5.74) is 3.76. The van der Waals surface area contributed by atoms with Gasteiger partial charge >= 0.3 is 0 Å². The first-order valence-electron chi connectivity index (χ1n) is 10.0. The van der Waals surface area contributed by atoms with Crippen LogP contribution in [0.1, 0.15) is 48.9 Å². The van der Waals surface area contributed by atoms with Crippen molar-refractivity contribution in [2.45, 2.75) is 45.2 Å². The summed E-state index contributed by atoms with van der Waals surface area (Å²) < 4.78 is 0. The molecule has 0 aliphatic heterocycles. The summed E-state index contributed by atoms with van der Waals surface area (Å²) in [4.78, 5) is 2.39. The molecule has 1 aliphatic rings. The quantitative estimate of drug-likeness (QED) is 0.628. The first kappa shape index (κ1) is 19.8. The number of rotatable bonds is 9. The molecular weight excluding hydrogens is 352 g/mol. The number of nitrogens with zero attached hydrogens (tertiary/aromatic N) is 1. The topological polar surface area (TPSA) is 35.5 Å². The number of hydrogen-bond acceptors (Lipinski definition) is 2. The van der Waals surface area contributed by atoms with Gasteiger partial charge in [0.2, 0.25) is 0 Å². The normalized spacial score (nSPS) is 14.6. The molecule has 0 amide bonds. The van der Waals surface area contributed by atoms with Gasteiger partial charge in [0.15, 0.2) is 5.11 Å². The molecule has 144 valence electrons. The number of nitrogens with one attached hydrogen (secondary N) is 1. The van der Waals surface area contributed by atoms with Gasteiger partial charge in [-0.25, -0.2) is 0 Å². The van der Waals surface area contributed by atoms with Gasteiger partial charge in [-0.3, -0.25) is 0 Å². The van der Waals surface area contributed by atoms with Crippen molar-refractivity contribution in [1.29, 1.82) is 0 Å². The van der Waals surface area contributed by atoms with Gasteiger partial charge in [-0.2, -0.15) is 0 Å². The highest BCUT2D eigenvalue weighted by molar-refractivity contribution is 7.80. The Bertz CT molecular complexity index is 713. The van der Waals surface area contributed by atoms with Crippen LogP contribution in [-0.4, -0.2) is 28.3 Å². The molecule has 1 saturated carbocycles. The Hall–Kier alpha value is -1.91. The highest BCUT2D eigenvalue weighted by Gasteiger charge is 2.37. The first-order valence-corrected chi connectivity index (χ1v) is 10.4. The van der Waals surface area contributed by atoms with E-state index in [1.54, 1.807) is 0 Å².